The molecule has 1 atom stereocenters. The highest BCUT2D eigenvalue weighted by molar-refractivity contribution is 14.1. The maximum Gasteiger partial charge on any atom is 0.390 e. The van der Waals surface area contributed by atoms with Crippen molar-refractivity contribution in [2.45, 2.75) is 44.3 Å². The van der Waals surface area contributed by atoms with E-state index in [4.69, 9.17) is 10.5 Å². The van der Waals surface area contributed by atoms with E-state index in [2.05, 4.69) is 22.6 Å². The first-order chi connectivity index (χ1) is 9.33. The zero-order valence-corrected chi connectivity index (χ0v) is 13.3. The number of halogens is 4. The molecule has 0 aromatic heterocycles. The predicted octanol–water partition coefficient (Wildman–Crippen LogP) is 4.13. The number of benzene rings is 1. The molecule has 1 aromatic rings. The van der Waals surface area contributed by atoms with E-state index in [9.17, 15) is 13.2 Å². The van der Waals surface area contributed by atoms with Crippen LogP contribution in [0.2, 0.25) is 0 Å². The average molecular weight is 399 g/mol. The first kappa shape index (κ1) is 15.9. The molecule has 2 rings (SSSR count). The average Bonchev–Trinajstić information content (AvgIpc) is 2.35. The van der Waals surface area contributed by atoms with Gasteiger partial charge in [0.1, 0.15) is 5.75 Å². The molecular weight excluding hydrogens is 382 g/mol. The van der Waals surface area contributed by atoms with E-state index in [0.717, 1.165) is 46.1 Å². The maximum absolute atomic E-state index is 12.6. The summed E-state index contributed by atoms with van der Waals surface area (Å²) in [6, 6.07) is 0.751. The number of alkyl halides is 3. The summed E-state index contributed by atoms with van der Waals surface area (Å²) in [5.74, 6) is 0.795. The summed E-state index contributed by atoms with van der Waals surface area (Å²) >= 11 is 2.10. The van der Waals surface area contributed by atoms with Gasteiger partial charge >= 0.3 is 6.18 Å². The molecule has 0 fully saturated rings. The Morgan fingerprint density at radius 1 is 1.30 bits per heavy atom. The molecule has 0 saturated heterocycles. The monoisotopic (exact) mass is 399 g/mol. The molecule has 20 heavy (non-hydrogen) atoms. The lowest BCUT2D eigenvalue weighted by Gasteiger charge is -2.26. The lowest BCUT2D eigenvalue weighted by molar-refractivity contribution is -0.138. The number of hydrogen-bond donors (Lipinski definition) is 1. The fourth-order valence-corrected chi connectivity index (χ4v) is 3.70. The first-order valence-corrected chi connectivity index (χ1v) is 7.62. The number of hydrogen-bond acceptors (Lipinski definition) is 2. The Bertz CT molecular complexity index is 502. The highest BCUT2D eigenvalue weighted by Gasteiger charge is 2.33. The van der Waals surface area contributed by atoms with Crippen molar-refractivity contribution in [2.75, 3.05) is 7.11 Å². The molecule has 0 amide bonds. The van der Waals surface area contributed by atoms with E-state index in [1.54, 1.807) is 13.2 Å². The fraction of sp³-hybridized carbons (Fsp3) is 0.571. The first-order valence-electron chi connectivity index (χ1n) is 6.54. The summed E-state index contributed by atoms with van der Waals surface area (Å²) in [5.41, 5.74) is 8.43. The van der Waals surface area contributed by atoms with Crippen LogP contribution in [0.5, 0.6) is 5.75 Å². The van der Waals surface area contributed by atoms with Crippen LogP contribution in [0.1, 0.15) is 42.0 Å². The fourth-order valence-electron chi connectivity index (χ4n) is 2.82. The van der Waals surface area contributed by atoms with Gasteiger partial charge in [-0.25, -0.2) is 0 Å². The summed E-state index contributed by atoms with van der Waals surface area (Å²) in [7, 11) is 1.60. The van der Waals surface area contributed by atoms with E-state index in [1.807, 2.05) is 0 Å². The van der Waals surface area contributed by atoms with Crippen LogP contribution in [0.3, 0.4) is 0 Å². The van der Waals surface area contributed by atoms with Gasteiger partial charge in [0, 0.05) is 6.04 Å². The lowest BCUT2D eigenvalue weighted by Crippen LogP contribution is -2.23. The van der Waals surface area contributed by atoms with Gasteiger partial charge in [-0.05, 0) is 71.0 Å². The van der Waals surface area contributed by atoms with Gasteiger partial charge in [0.05, 0.1) is 17.1 Å². The lowest BCUT2D eigenvalue weighted by atomic mass is 9.84. The van der Waals surface area contributed by atoms with Crippen LogP contribution in [0.25, 0.3) is 0 Å². The maximum atomic E-state index is 12.6. The molecule has 1 aliphatic rings. The molecule has 1 aliphatic carbocycles. The van der Waals surface area contributed by atoms with Crippen LogP contribution < -0.4 is 10.5 Å². The number of methoxy groups -OCH3 is 1. The quantitative estimate of drug-likeness (QED) is 0.776. The Balaban J connectivity index is 2.46. The van der Waals surface area contributed by atoms with Gasteiger partial charge in [-0.1, -0.05) is 0 Å². The van der Waals surface area contributed by atoms with Crippen molar-refractivity contribution < 1.29 is 17.9 Å². The highest BCUT2D eigenvalue weighted by atomic mass is 127. The van der Waals surface area contributed by atoms with Gasteiger partial charge in [-0.2, -0.15) is 13.2 Å². The summed E-state index contributed by atoms with van der Waals surface area (Å²) in [6.07, 6.45) is -1.57. The Kier molecular flexibility index (Phi) is 4.84. The minimum Gasteiger partial charge on any atom is -0.495 e. The van der Waals surface area contributed by atoms with Gasteiger partial charge in [0.2, 0.25) is 0 Å². The minimum atomic E-state index is -4.24. The normalized spacial score (nSPS) is 16.7. The molecule has 2 nitrogen and oxygen atoms in total. The third kappa shape index (κ3) is 3.39. The standard InChI is InChI=1S/C14H17F3INO/c1-20-13-9-5-3-2-4-8(9)10(6-11(13)18)12(19)7-14(15,16)17/h6,12H,2-5,7,19H2,1H3/t12-/m1/s1. The molecule has 1 aromatic carbocycles. The van der Waals surface area contributed by atoms with E-state index in [-0.39, 0.29) is 0 Å². The number of nitrogens with two attached hydrogens (primary N) is 1. The van der Waals surface area contributed by atoms with Crippen molar-refractivity contribution in [3.05, 3.63) is 26.3 Å². The van der Waals surface area contributed by atoms with Crippen molar-refractivity contribution in [2.24, 2.45) is 5.73 Å². The zero-order valence-electron chi connectivity index (χ0n) is 11.2. The molecule has 0 saturated carbocycles. The molecule has 2 N–H and O–H groups in total. The van der Waals surface area contributed by atoms with Crippen LogP contribution in [-0.2, 0) is 12.8 Å². The smallest absolute Gasteiger partial charge is 0.390 e. The Labute approximate surface area is 130 Å². The summed E-state index contributed by atoms with van der Waals surface area (Å²) in [5, 5.41) is 0. The van der Waals surface area contributed by atoms with Gasteiger partial charge in [0.25, 0.3) is 0 Å². The van der Waals surface area contributed by atoms with Crippen molar-refractivity contribution in [1.82, 2.24) is 0 Å². The number of ether oxygens (including phenoxy) is 1. The van der Waals surface area contributed by atoms with Crippen LogP contribution in [-0.4, -0.2) is 13.3 Å². The van der Waals surface area contributed by atoms with Gasteiger partial charge in [-0.3, -0.25) is 0 Å². The second kappa shape index (κ2) is 6.09. The van der Waals surface area contributed by atoms with E-state index in [0.29, 0.717) is 5.56 Å². The second-order valence-corrected chi connectivity index (χ2v) is 6.23. The number of fused-ring (bicyclic) bond motifs is 1. The Hall–Kier alpha value is -0.500. The van der Waals surface area contributed by atoms with E-state index >= 15 is 0 Å². The minimum absolute atomic E-state index is 0.627. The molecule has 0 spiro atoms. The largest absolute Gasteiger partial charge is 0.495 e. The third-order valence-electron chi connectivity index (χ3n) is 3.64. The molecule has 0 unspecified atom stereocenters. The van der Waals surface area contributed by atoms with Crippen LogP contribution in [0.15, 0.2) is 6.07 Å². The van der Waals surface area contributed by atoms with Gasteiger partial charge in [0.15, 0.2) is 0 Å². The van der Waals surface area contributed by atoms with Crippen LogP contribution in [0.4, 0.5) is 13.2 Å². The second-order valence-electron chi connectivity index (χ2n) is 5.07. The molecule has 0 radical (unpaired) electrons. The Morgan fingerprint density at radius 2 is 1.90 bits per heavy atom. The predicted molar refractivity (Wildman–Crippen MR) is 80.0 cm³/mol. The molecule has 0 bridgehead atoms. The third-order valence-corrected chi connectivity index (χ3v) is 4.45. The van der Waals surface area contributed by atoms with E-state index in [1.165, 1.54) is 0 Å². The van der Waals surface area contributed by atoms with Crippen molar-refractivity contribution in [3.63, 3.8) is 0 Å². The van der Waals surface area contributed by atoms with Gasteiger partial charge < -0.3 is 10.5 Å². The topological polar surface area (TPSA) is 35.2 Å². The van der Waals surface area contributed by atoms with Crippen LogP contribution >= 0.6 is 22.6 Å². The van der Waals surface area contributed by atoms with Crippen molar-refractivity contribution in [1.29, 1.82) is 0 Å². The summed E-state index contributed by atoms with van der Waals surface area (Å²) in [4.78, 5) is 0. The summed E-state index contributed by atoms with van der Waals surface area (Å²) in [6.45, 7) is 0. The molecular formula is C14H17F3INO. The van der Waals surface area contributed by atoms with E-state index < -0.39 is 18.6 Å². The summed E-state index contributed by atoms with van der Waals surface area (Å²) < 4.78 is 43.9. The van der Waals surface area contributed by atoms with Crippen molar-refractivity contribution in [3.8, 4) is 5.75 Å². The van der Waals surface area contributed by atoms with Crippen LogP contribution in [0, 0.1) is 3.57 Å². The van der Waals surface area contributed by atoms with Crippen molar-refractivity contribution >= 4 is 22.6 Å². The molecule has 6 heteroatoms. The molecule has 0 heterocycles. The molecule has 0 aliphatic heterocycles. The SMILES string of the molecule is COc1c(I)cc([C@H](N)CC(F)(F)F)c2c1CCCC2. The number of rotatable bonds is 3. The molecule has 112 valence electrons. The van der Waals surface area contributed by atoms with Gasteiger partial charge in [-0.15, -0.1) is 0 Å². The Morgan fingerprint density at radius 3 is 2.45 bits per heavy atom. The highest BCUT2D eigenvalue weighted by Crippen LogP contribution is 2.39. The zero-order chi connectivity index (χ0) is 14.9.